The molecule has 15 heteroatoms. The molecule has 1 atom stereocenters. The number of nitrogens with one attached hydrogen (secondary N) is 2. The van der Waals surface area contributed by atoms with Gasteiger partial charge in [0.1, 0.15) is 5.69 Å². The molecular weight excluding hydrogens is 742 g/mol. The van der Waals surface area contributed by atoms with E-state index in [2.05, 4.69) is 71.6 Å². The molecule has 1 unspecified atom stereocenters. The Morgan fingerprint density at radius 2 is 1.68 bits per heavy atom. The summed E-state index contributed by atoms with van der Waals surface area (Å²) >= 11 is 6.54. The Morgan fingerprint density at radius 3 is 2.42 bits per heavy atom. The van der Waals surface area contributed by atoms with Gasteiger partial charge in [0, 0.05) is 93.9 Å². The zero-order valence-corrected chi connectivity index (χ0v) is 32.7. The van der Waals surface area contributed by atoms with E-state index in [9.17, 15) is 14.4 Å². The molecule has 0 spiro atoms. The number of nitrogens with zero attached hydrogens (tertiary/aromatic N) is 8. The number of nitrogens with two attached hydrogens (primary N) is 1. The van der Waals surface area contributed by atoms with Gasteiger partial charge >= 0.3 is 0 Å². The van der Waals surface area contributed by atoms with E-state index >= 15 is 0 Å². The maximum absolute atomic E-state index is 12.6. The Hall–Kier alpha value is -5.73. The molecule has 4 aliphatic rings. The van der Waals surface area contributed by atoms with E-state index in [1.807, 2.05) is 31.4 Å². The van der Waals surface area contributed by atoms with Crippen LogP contribution in [0.2, 0.25) is 5.02 Å². The van der Waals surface area contributed by atoms with Crippen molar-refractivity contribution in [2.75, 3.05) is 79.4 Å². The van der Waals surface area contributed by atoms with E-state index in [0.717, 1.165) is 111 Å². The monoisotopic (exact) mass is 787 g/mol. The van der Waals surface area contributed by atoms with Crippen LogP contribution in [0, 0.1) is 5.92 Å². The van der Waals surface area contributed by atoms with Gasteiger partial charge in [-0.25, -0.2) is 9.50 Å². The average molecular weight is 788 g/mol. The second-order valence-corrected chi connectivity index (χ2v) is 15.9. The molecule has 57 heavy (non-hydrogen) atoms. The summed E-state index contributed by atoms with van der Waals surface area (Å²) in [7, 11) is 1.82. The number of carbonyl (C=O) groups is 3. The van der Waals surface area contributed by atoms with E-state index in [1.54, 1.807) is 0 Å². The van der Waals surface area contributed by atoms with Crippen molar-refractivity contribution in [2.45, 2.75) is 38.0 Å². The Labute approximate surface area is 336 Å². The van der Waals surface area contributed by atoms with Crippen LogP contribution < -0.4 is 31.1 Å². The molecule has 7 heterocycles. The molecule has 3 saturated heterocycles. The SMILES string of the molecule is CNc1cc(N2CCc3c(-c4ccc(N5CCN(CC6CCN(c7ccc(Cl)c(C8CCC(=O)NC8=O)c7)CC6)CC5)cn4)cccc32)nn2c(C(N)=O)cnc12. The van der Waals surface area contributed by atoms with Gasteiger partial charge in [-0.2, -0.15) is 0 Å². The Kier molecular flexibility index (Phi) is 9.91. The number of imidazole rings is 1. The maximum atomic E-state index is 12.6. The first-order chi connectivity index (χ1) is 27.7. The largest absolute Gasteiger partial charge is 0.385 e. The van der Waals surface area contributed by atoms with Gasteiger partial charge in [-0.05, 0) is 79.1 Å². The highest BCUT2D eigenvalue weighted by atomic mass is 35.5. The zero-order valence-electron chi connectivity index (χ0n) is 32.0. The number of amides is 3. The first kappa shape index (κ1) is 36.9. The van der Waals surface area contributed by atoms with Crippen LogP contribution in [-0.2, 0) is 16.0 Å². The number of benzene rings is 2. The minimum atomic E-state index is -0.580. The van der Waals surface area contributed by atoms with Gasteiger partial charge in [-0.15, -0.1) is 5.10 Å². The highest BCUT2D eigenvalue weighted by Gasteiger charge is 2.31. The minimum Gasteiger partial charge on any atom is -0.385 e. The number of primary amides is 1. The molecule has 4 aliphatic heterocycles. The fourth-order valence-corrected chi connectivity index (χ4v) is 9.25. The molecule has 4 N–H and O–H groups in total. The molecule has 14 nitrogen and oxygen atoms in total. The highest BCUT2D eigenvalue weighted by Crippen LogP contribution is 2.40. The molecule has 0 radical (unpaired) electrons. The zero-order chi connectivity index (χ0) is 39.2. The van der Waals surface area contributed by atoms with Gasteiger partial charge in [0.2, 0.25) is 11.8 Å². The van der Waals surface area contributed by atoms with Gasteiger partial charge in [-0.3, -0.25) is 29.6 Å². The first-order valence-corrected chi connectivity index (χ1v) is 20.2. The number of anilines is 5. The van der Waals surface area contributed by atoms with Crippen molar-refractivity contribution in [1.82, 2.24) is 29.8 Å². The summed E-state index contributed by atoms with van der Waals surface area (Å²) in [5, 5.41) is 11.0. The number of aromatic nitrogens is 4. The van der Waals surface area contributed by atoms with E-state index in [1.165, 1.54) is 16.3 Å². The molecule has 2 aromatic carbocycles. The van der Waals surface area contributed by atoms with Gasteiger partial charge in [0.05, 0.1) is 35.4 Å². The van der Waals surface area contributed by atoms with Crippen LogP contribution in [0.15, 0.2) is 67.0 Å². The van der Waals surface area contributed by atoms with Crippen LogP contribution in [0.4, 0.5) is 28.6 Å². The minimum absolute atomic E-state index is 0.216. The molecule has 3 fully saturated rings. The lowest BCUT2D eigenvalue weighted by Crippen LogP contribution is -2.49. The summed E-state index contributed by atoms with van der Waals surface area (Å²) in [6.07, 6.45) is 7.37. The summed E-state index contributed by atoms with van der Waals surface area (Å²) in [6.45, 7) is 7.74. The molecule has 0 saturated carbocycles. The number of rotatable bonds is 9. The quantitative estimate of drug-likeness (QED) is 0.176. The van der Waals surface area contributed by atoms with Crippen LogP contribution in [0.25, 0.3) is 16.9 Å². The van der Waals surface area contributed by atoms with Crippen molar-refractivity contribution in [3.63, 3.8) is 0 Å². The second kappa shape index (κ2) is 15.3. The van der Waals surface area contributed by atoms with Crippen molar-refractivity contribution in [2.24, 2.45) is 11.7 Å². The van der Waals surface area contributed by atoms with Crippen molar-refractivity contribution in [3.05, 3.63) is 88.8 Å². The number of piperidine rings is 2. The van der Waals surface area contributed by atoms with Crippen LogP contribution in [0.5, 0.6) is 0 Å². The number of imide groups is 1. The third-order valence-electron chi connectivity index (χ3n) is 12.1. The third-order valence-corrected chi connectivity index (χ3v) is 12.5. The number of pyridine rings is 1. The van der Waals surface area contributed by atoms with Crippen molar-refractivity contribution < 1.29 is 14.4 Å². The molecule has 294 valence electrons. The van der Waals surface area contributed by atoms with Gasteiger partial charge in [-0.1, -0.05) is 23.7 Å². The van der Waals surface area contributed by atoms with E-state index in [-0.39, 0.29) is 23.4 Å². The topological polar surface area (TPSA) is 157 Å². The van der Waals surface area contributed by atoms with Crippen molar-refractivity contribution >= 4 is 63.5 Å². The smallest absolute Gasteiger partial charge is 0.269 e. The predicted octanol–water partition coefficient (Wildman–Crippen LogP) is 4.84. The molecule has 5 aromatic rings. The van der Waals surface area contributed by atoms with Gasteiger partial charge in [0.15, 0.2) is 11.5 Å². The molecule has 3 amide bonds. The van der Waals surface area contributed by atoms with Crippen LogP contribution in [0.3, 0.4) is 0 Å². The van der Waals surface area contributed by atoms with Crippen molar-refractivity contribution in [1.29, 1.82) is 0 Å². The third kappa shape index (κ3) is 7.12. The summed E-state index contributed by atoms with van der Waals surface area (Å²) in [5.41, 5.74) is 14.5. The molecule has 9 rings (SSSR count). The number of hydrogen-bond donors (Lipinski definition) is 3. The second-order valence-electron chi connectivity index (χ2n) is 15.4. The molecular formula is C42H46ClN11O3. The Morgan fingerprint density at radius 1 is 0.895 bits per heavy atom. The molecule has 0 bridgehead atoms. The number of fused-ring (bicyclic) bond motifs is 2. The predicted molar refractivity (Wildman–Crippen MR) is 222 cm³/mol. The normalized spacial score (nSPS) is 19.3. The lowest BCUT2D eigenvalue weighted by molar-refractivity contribution is -0.134. The van der Waals surface area contributed by atoms with Crippen molar-refractivity contribution in [3.8, 4) is 11.3 Å². The Bertz CT molecular complexity index is 2350. The number of hydrogen-bond acceptors (Lipinski definition) is 11. The summed E-state index contributed by atoms with van der Waals surface area (Å²) in [6, 6.07) is 18.6. The number of piperazine rings is 1. The first-order valence-electron chi connectivity index (χ1n) is 19.8. The standard InChI is InChI=1S/C42H46ClN11O3/c1-45-35-22-38(49-54-37(40(44)56)24-47-41(35)54)53-16-13-30-29(3-2-4-36(30)53)34-9-6-28(23-46-34)52-19-17-50(18-20-52)25-26-11-14-51(15-12-26)27-5-8-33(43)32(21-27)31-7-10-39(55)48-42(31)57/h2-6,8-9,21-24,26,31,45H,7,10-20,25H2,1H3,(H2,44,56)(H,48,55,57). The van der Waals surface area contributed by atoms with Crippen LogP contribution in [0.1, 0.15) is 53.2 Å². The number of halogens is 1. The van der Waals surface area contributed by atoms with Gasteiger partial charge in [0.25, 0.3) is 5.91 Å². The molecule has 3 aromatic heterocycles. The lowest BCUT2D eigenvalue weighted by Gasteiger charge is -2.40. The van der Waals surface area contributed by atoms with Gasteiger partial charge < -0.3 is 25.8 Å². The van der Waals surface area contributed by atoms with Crippen LogP contribution in [-0.4, -0.2) is 102 Å². The van der Waals surface area contributed by atoms with E-state index in [4.69, 9.17) is 27.4 Å². The average Bonchev–Trinajstić information content (AvgIpc) is 3.87. The van der Waals surface area contributed by atoms with E-state index in [0.29, 0.717) is 35.2 Å². The van der Waals surface area contributed by atoms with E-state index < -0.39 is 5.91 Å². The maximum Gasteiger partial charge on any atom is 0.269 e. The summed E-state index contributed by atoms with van der Waals surface area (Å²) in [4.78, 5) is 55.3. The number of carbonyl (C=O) groups excluding carboxylic acids is 3. The molecule has 0 aliphatic carbocycles. The Balaban J connectivity index is 0.800. The fraction of sp³-hybridized carbons (Fsp3) is 0.381. The lowest BCUT2D eigenvalue weighted by atomic mass is 9.89. The summed E-state index contributed by atoms with van der Waals surface area (Å²) in [5.74, 6) is -0.0959. The fourth-order valence-electron chi connectivity index (χ4n) is 9.00. The summed E-state index contributed by atoms with van der Waals surface area (Å²) < 4.78 is 1.52. The highest BCUT2D eigenvalue weighted by molar-refractivity contribution is 6.31. The van der Waals surface area contributed by atoms with Crippen LogP contribution >= 0.6 is 11.6 Å².